The number of rotatable bonds is 2. The van der Waals surface area contributed by atoms with Crippen LogP contribution in [-0.4, -0.2) is 4.98 Å². The molecule has 2 aromatic rings. The molecule has 1 heterocycles. The molecule has 0 saturated heterocycles. The molecular weight excluding hydrogens is 190 g/mol. The standard InChI is InChI=1S/C12H11NS/c14-12-8-4-7-11(13-12)9-10-5-2-1-3-6-10/h1-8H,9H2,(H,13,14). The van der Waals surface area contributed by atoms with Gasteiger partial charge in [-0.3, -0.25) is 0 Å². The number of hydrogen-bond acceptors (Lipinski definition) is 1. The molecule has 1 aromatic carbocycles. The highest BCUT2D eigenvalue weighted by atomic mass is 32.1. The lowest BCUT2D eigenvalue weighted by Crippen LogP contribution is -1.91. The maximum atomic E-state index is 5.06. The van der Waals surface area contributed by atoms with Crippen LogP contribution < -0.4 is 0 Å². The second kappa shape index (κ2) is 4.20. The van der Waals surface area contributed by atoms with E-state index in [0.29, 0.717) is 0 Å². The van der Waals surface area contributed by atoms with E-state index < -0.39 is 0 Å². The van der Waals surface area contributed by atoms with Gasteiger partial charge in [0.05, 0.1) is 0 Å². The summed E-state index contributed by atoms with van der Waals surface area (Å²) in [6.45, 7) is 0. The molecule has 0 aliphatic carbocycles. The number of pyridine rings is 1. The van der Waals surface area contributed by atoms with Crippen molar-refractivity contribution in [2.75, 3.05) is 0 Å². The topological polar surface area (TPSA) is 15.8 Å². The second-order valence-corrected chi connectivity index (χ2v) is 3.64. The van der Waals surface area contributed by atoms with Crippen molar-refractivity contribution in [1.82, 2.24) is 4.98 Å². The summed E-state index contributed by atoms with van der Waals surface area (Å²) in [5.74, 6) is 0. The van der Waals surface area contributed by atoms with E-state index in [4.69, 9.17) is 12.2 Å². The predicted octanol–water partition coefficient (Wildman–Crippen LogP) is 3.33. The number of H-pyrrole nitrogens is 1. The highest BCUT2D eigenvalue weighted by Gasteiger charge is 1.94. The molecule has 0 amide bonds. The van der Waals surface area contributed by atoms with Gasteiger partial charge in [-0.25, -0.2) is 0 Å². The van der Waals surface area contributed by atoms with Gasteiger partial charge in [-0.15, -0.1) is 0 Å². The predicted molar refractivity (Wildman–Crippen MR) is 60.9 cm³/mol. The normalized spacial score (nSPS) is 10.0. The van der Waals surface area contributed by atoms with Crippen molar-refractivity contribution in [3.8, 4) is 0 Å². The van der Waals surface area contributed by atoms with Crippen molar-refractivity contribution >= 4 is 12.2 Å². The molecule has 0 aliphatic heterocycles. The molecule has 2 rings (SSSR count). The van der Waals surface area contributed by atoms with Gasteiger partial charge in [0.15, 0.2) is 0 Å². The minimum Gasteiger partial charge on any atom is -0.350 e. The molecular formula is C12H11NS. The summed E-state index contributed by atoms with van der Waals surface area (Å²) in [6.07, 6.45) is 0.908. The van der Waals surface area contributed by atoms with Crippen molar-refractivity contribution in [2.45, 2.75) is 6.42 Å². The average Bonchev–Trinajstić information content (AvgIpc) is 2.19. The third-order valence-corrected chi connectivity index (χ3v) is 2.30. The number of aromatic amines is 1. The van der Waals surface area contributed by atoms with Gasteiger partial charge in [0, 0.05) is 12.1 Å². The Bertz CT molecular complexity index is 459. The van der Waals surface area contributed by atoms with Gasteiger partial charge in [-0.2, -0.15) is 0 Å². The average molecular weight is 201 g/mol. The molecule has 0 atom stereocenters. The molecule has 0 saturated carbocycles. The first-order chi connectivity index (χ1) is 6.84. The van der Waals surface area contributed by atoms with Crippen molar-refractivity contribution < 1.29 is 0 Å². The van der Waals surface area contributed by atoms with Crippen LogP contribution in [0.2, 0.25) is 0 Å². The molecule has 0 unspecified atom stereocenters. The highest BCUT2D eigenvalue weighted by molar-refractivity contribution is 7.71. The van der Waals surface area contributed by atoms with Crippen molar-refractivity contribution in [3.05, 3.63) is 64.4 Å². The third-order valence-electron chi connectivity index (χ3n) is 2.07. The van der Waals surface area contributed by atoms with E-state index in [1.807, 2.05) is 30.3 Å². The Morgan fingerprint density at radius 3 is 2.43 bits per heavy atom. The van der Waals surface area contributed by atoms with E-state index in [2.05, 4.69) is 23.2 Å². The van der Waals surface area contributed by atoms with E-state index in [-0.39, 0.29) is 0 Å². The van der Waals surface area contributed by atoms with E-state index >= 15 is 0 Å². The summed E-state index contributed by atoms with van der Waals surface area (Å²) in [5, 5.41) is 0. The molecule has 0 radical (unpaired) electrons. The Labute approximate surface area is 88.4 Å². The molecule has 14 heavy (non-hydrogen) atoms. The summed E-state index contributed by atoms with van der Waals surface area (Å²) < 4.78 is 0.790. The fraction of sp³-hybridized carbons (Fsp3) is 0.0833. The fourth-order valence-electron chi connectivity index (χ4n) is 1.41. The van der Waals surface area contributed by atoms with E-state index in [1.54, 1.807) is 0 Å². The zero-order valence-corrected chi connectivity index (χ0v) is 8.55. The molecule has 0 fully saturated rings. The van der Waals surface area contributed by atoms with Gasteiger partial charge < -0.3 is 4.98 Å². The number of hydrogen-bond donors (Lipinski definition) is 1. The molecule has 2 heteroatoms. The van der Waals surface area contributed by atoms with Gasteiger partial charge in [-0.1, -0.05) is 48.6 Å². The van der Waals surface area contributed by atoms with Crippen molar-refractivity contribution in [1.29, 1.82) is 0 Å². The maximum Gasteiger partial charge on any atom is 0.103 e. The first-order valence-corrected chi connectivity index (χ1v) is 4.97. The van der Waals surface area contributed by atoms with Crippen molar-refractivity contribution in [3.63, 3.8) is 0 Å². The van der Waals surface area contributed by atoms with E-state index in [0.717, 1.165) is 16.8 Å². The second-order valence-electron chi connectivity index (χ2n) is 3.20. The number of aromatic nitrogens is 1. The Kier molecular flexibility index (Phi) is 2.75. The summed E-state index contributed by atoms with van der Waals surface area (Å²) in [6, 6.07) is 16.3. The monoisotopic (exact) mass is 201 g/mol. The molecule has 0 aliphatic rings. The maximum absolute atomic E-state index is 5.06. The molecule has 1 nitrogen and oxygen atoms in total. The molecule has 0 bridgehead atoms. The highest BCUT2D eigenvalue weighted by Crippen LogP contribution is 2.06. The van der Waals surface area contributed by atoms with Crippen LogP contribution in [0.3, 0.4) is 0 Å². The molecule has 1 N–H and O–H groups in total. The lowest BCUT2D eigenvalue weighted by Gasteiger charge is -2.01. The fourth-order valence-corrected chi connectivity index (χ4v) is 1.62. The van der Waals surface area contributed by atoms with Gasteiger partial charge in [0.25, 0.3) is 0 Å². The van der Waals surface area contributed by atoms with Crippen LogP contribution in [0, 0.1) is 4.64 Å². The Balaban J connectivity index is 2.24. The molecule has 1 aromatic heterocycles. The van der Waals surface area contributed by atoms with Crippen LogP contribution in [0.1, 0.15) is 11.3 Å². The lowest BCUT2D eigenvalue weighted by molar-refractivity contribution is 1.06. The minimum absolute atomic E-state index is 0.790. The van der Waals surface area contributed by atoms with Crippen LogP contribution in [0.4, 0.5) is 0 Å². The summed E-state index contributed by atoms with van der Waals surface area (Å²) in [7, 11) is 0. The summed E-state index contributed by atoms with van der Waals surface area (Å²) in [4.78, 5) is 3.17. The van der Waals surface area contributed by atoms with Crippen LogP contribution in [0.15, 0.2) is 48.5 Å². The number of benzene rings is 1. The van der Waals surface area contributed by atoms with E-state index in [1.165, 1.54) is 5.56 Å². The van der Waals surface area contributed by atoms with Crippen LogP contribution in [0.25, 0.3) is 0 Å². The Morgan fingerprint density at radius 2 is 1.71 bits per heavy atom. The van der Waals surface area contributed by atoms with Crippen molar-refractivity contribution in [2.24, 2.45) is 0 Å². The zero-order chi connectivity index (χ0) is 9.80. The molecule has 70 valence electrons. The van der Waals surface area contributed by atoms with Crippen LogP contribution in [0.5, 0.6) is 0 Å². The number of nitrogens with one attached hydrogen (secondary N) is 1. The van der Waals surface area contributed by atoms with Gasteiger partial charge >= 0.3 is 0 Å². The van der Waals surface area contributed by atoms with Crippen LogP contribution in [-0.2, 0) is 6.42 Å². The van der Waals surface area contributed by atoms with Crippen LogP contribution >= 0.6 is 12.2 Å². The van der Waals surface area contributed by atoms with E-state index in [9.17, 15) is 0 Å². The summed E-state index contributed by atoms with van der Waals surface area (Å²) in [5.41, 5.74) is 2.45. The minimum atomic E-state index is 0.790. The first-order valence-electron chi connectivity index (χ1n) is 4.57. The third kappa shape index (κ3) is 2.30. The SMILES string of the molecule is S=c1cccc(Cc2ccccc2)[nH]1. The Morgan fingerprint density at radius 1 is 0.929 bits per heavy atom. The summed E-state index contributed by atoms with van der Waals surface area (Å²) >= 11 is 5.06. The first kappa shape index (κ1) is 9.16. The lowest BCUT2D eigenvalue weighted by atomic mass is 10.1. The quantitative estimate of drug-likeness (QED) is 0.737. The largest absolute Gasteiger partial charge is 0.350 e. The molecule has 0 spiro atoms. The van der Waals surface area contributed by atoms with Gasteiger partial charge in [0.2, 0.25) is 0 Å². The zero-order valence-electron chi connectivity index (χ0n) is 7.73. The van der Waals surface area contributed by atoms with Gasteiger partial charge in [0.1, 0.15) is 4.64 Å². The van der Waals surface area contributed by atoms with Gasteiger partial charge in [-0.05, 0) is 17.7 Å². The Hall–Kier alpha value is -1.41. The smallest absolute Gasteiger partial charge is 0.103 e.